The topological polar surface area (TPSA) is 56.8 Å². The fraction of sp³-hybridized carbons (Fsp3) is 0.381. The molecule has 27 heavy (non-hydrogen) atoms. The van der Waals surface area contributed by atoms with Crippen LogP contribution >= 0.6 is 15.9 Å². The number of methoxy groups -OCH3 is 1. The van der Waals surface area contributed by atoms with Crippen LogP contribution in [0, 0.1) is 13.8 Å². The molecule has 0 atom stereocenters. The smallest absolute Gasteiger partial charge is 0.258 e. The largest absolute Gasteiger partial charge is 0.493 e. The molecule has 1 N–H and O–H groups in total. The number of nitrogens with one attached hydrogen (secondary N) is 1. The third-order valence-corrected chi connectivity index (χ3v) is 5.11. The quantitative estimate of drug-likeness (QED) is 0.660. The highest BCUT2D eigenvalue weighted by molar-refractivity contribution is 9.10. The van der Waals surface area contributed by atoms with Crippen LogP contribution in [0.4, 0.5) is 0 Å². The number of benzene rings is 2. The molecule has 0 aliphatic carbocycles. The summed E-state index contributed by atoms with van der Waals surface area (Å²) in [6, 6.07) is 9.43. The van der Waals surface area contributed by atoms with Gasteiger partial charge in [-0.2, -0.15) is 0 Å². The molecule has 0 saturated carbocycles. The Morgan fingerprint density at radius 3 is 2.37 bits per heavy atom. The van der Waals surface area contributed by atoms with Crippen LogP contribution in [0.3, 0.4) is 0 Å². The van der Waals surface area contributed by atoms with Crippen molar-refractivity contribution < 1.29 is 19.0 Å². The van der Waals surface area contributed by atoms with Gasteiger partial charge in [-0.25, -0.2) is 0 Å². The number of hydrogen-bond donors (Lipinski definition) is 1. The van der Waals surface area contributed by atoms with Crippen molar-refractivity contribution in [2.24, 2.45) is 0 Å². The lowest BCUT2D eigenvalue weighted by Crippen LogP contribution is -2.28. The highest BCUT2D eigenvalue weighted by Gasteiger charge is 2.09. The number of halogens is 1. The van der Waals surface area contributed by atoms with E-state index in [-0.39, 0.29) is 18.6 Å². The average Bonchev–Trinajstić information content (AvgIpc) is 2.62. The maximum Gasteiger partial charge on any atom is 0.258 e. The number of rotatable bonds is 8. The van der Waals surface area contributed by atoms with E-state index in [2.05, 4.69) is 21.2 Å². The Bertz CT molecular complexity index is 782. The Morgan fingerprint density at radius 1 is 1.11 bits per heavy atom. The Hall–Kier alpha value is -2.21. The first-order valence-electron chi connectivity index (χ1n) is 8.80. The van der Waals surface area contributed by atoms with E-state index >= 15 is 0 Å². The molecule has 5 nitrogen and oxygen atoms in total. The van der Waals surface area contributed by atoms with Crippen molar-refractivity contribution in [2.75, 3.05) is 13.7 Å². The Labute approximate surface area is 169 Å². The van der Waals surface area contributed by atoms with E-state index in [1.165, 1.54) is 0 Å². The molecule has 0 saturated heterocycles. The van der Waals surface area contributed by atoms with Crippen LogP contribution in [0.2, 0.25) is 0 Å². The molecular formula is C21H26BrNO4. The van der Waals surface area contributed by atoms with E-state index in [0.717, 1.165) is 21.2 Å². The number of amides is 1. The predicted octanol–water partition coefficient (Wildman–Crippen LogP) is 4.56. The molecule has 0 fully saturated rings. The highest BCUT2D eigenvalue weighted by Crippen LogP contribution is 2.29. The summed E-state index contributed by atoms with van der Waals surface area (Å²) in [6.07, 6.45) is 0.0625. The second kappa shape index (κ2) is 9.65. The molecule has 0 aliphatic heterocycles. The Morgan fingerprint density at radius 2 is 1.78 bits per heavy atom. The molecule has 6 heteroatoms. The van der Waals surface area contributed by atoms with E-state index in [9.17, 15) is 4.79 Å². The van der Waals surface area contributed by atoms with Gasteiger partial charge in [-0.15, -0.1) is 0 Å². The molecule has 2 aromatic carbocycles. The van der Waals surface area contributed by atoms with Gasteiger partial charge in [0, 0.05) is 11.0 Å². The lowest BCUT2D eigenvalue weighted by molar-refractivity contribution is -0.123. The average molecular weight is 436 g/mol. The molecule has 0 heterocycles. The van der Waals surface area contributed by atoms with Crippen molar-refractivity contribution in [3.8, 4) is 17.2 Å². The number of carbonyl (C=O) groups is 1. The molecule has 1 amide bonds. The van der Waals surface area contributed by atoms with E-state index in [4.69, 9.17) is 14.2 Å². The van der Waals surface area contributed by atoms with E-state index in [1.54, 1.807) is 7.11 Å². The van der Waals surface area contributed by atoms with Crippen LogP contribution in [0.25, 0.3) is 0 Å². The molecule has 0 aromatic heterocycles. The minimum Gasteiger partial charge on any atom is -0.493 e. The molecule has 0 aliphatic rings. The zero-order valence-corrected chi connectivity index (χ0v) is 18.0. The van der Waals surface area contributed by atoms with Gasteiger partial charge in [0.05, 0.1) is 13.2 Å². The molecule has 0 radical (unpaired) electrons. The fourth-order valence-corrected chi connectivity index (χ4v) is 2.79. The number of carbonyl (C=O) groups excluding carboxylic acids is 1. The number of hydrogen-bond acceptors (Lipinski definition) is 4. The molecule has 0 unspecified atom stereocenters. The summed E-state index contributed by atoms with van der Waals surface area (Å²) in [5.74, 6) is 1.83. The van der Waals surface area contributed by atoms with Crippen LogP contribution in [0.1, 0.15) is 30.5 Å². The number of ether oxygens (including phenoxy) is 3. The first kappa shape index (κ1) is 21.1. The highest BCUT2D eigenvalue weighted by atomic mass is 79.9. The lowest BCUT2D eigenvalue weighted by Gasteiger charge is -2.15. The molecule has 0 spiro atoms. The molecule has 146 valence electrons. The van der Waals surface area contributed by atoms with Gasteiger partial charge in [0.2, 0.25) is 0 Å². The van der Waals surface area contributed by atoms with Crippen LogP contribution in [-0.4, -0.2) is 25.7 Å². The minimum absolute atomic E-state index is 0.0355. The fourth-order valence-electron chi connectivity index (χ4n) is 2.56. The summed E-state index contributed by atoms with van der Waals surface area (Å²) in [5, 5.41) is 2.85. The van der Waals surface area contributed by atoms with Crippen molar-refractivity contribution >= 4 is 21.8 Å². The van der Waals surface area contributed by atoms with Gasteiger partial charge in [0.25, 0.3) is 5.91 Å². The summed E-state index contributed by atoms with van der Waals surface area (Å²) in [4.78, 5) is 12.1. The van der Waals surface area contributed by atoms with Gasteiger partial charge in [-0.05, 0) is 68.7 Å². The standard InChI is InChI=1S/C21H26BrNO4/c1-13(2)27-18-7-6-16(10-19(18)25-5)11-23-20(24)12-26-17-8-14(3)21(22)15(4)9-17/h6-10,13H,11-12H2,1-5H3,(H,23,24). The normalized spacial score (nSPS) is 10.6. The first-order valence-corrected chi connectivity index (χ1v) is 9.59. The summed E-state index contributed by atoms with van der Waals surface area (Å²) in [7, 11) is 1.60. The summed E-state index contributed by atoms with van der Waals surface area (Å²) in [6.45, 7) is 8.25. The minimum atomic E-state index is -0.185. The van der Waals surface area contributed by atoms with Crippen LogP contribution < -0.4 is 19.5 Å². The summed E-state index contributed by atoms with van der Waals surface area (Å²) >= 11 is 3.52. The Kier molecular flexibility index (Phi) is 7.54. The lowest BCUT2D eigenvalue weighted by atomic mass is 10.1. The SMILES string of the molecule is COc1cc(CNC(=O)COc2cc(C)c(Br)c(C)c2)ccc1OC(C)C. The van der Waals surface area contributed by atoms with Crippen molar-refractivity contribution in [3.63, 3.8) is 0 Å². The second-order valence-corrected chi connectivity index (χ2v) is 7.38. The molecule has 2 rings (SSSR count). The zero-order chi connectivity index (χ0) is 20.0. The third-order valence-electron chi connectivity index (χ3n) is 3.86. The van der Waals surface area contributed by atoms with Crippen LogP contribution in [0.15, 0.2) is 34.8 Å². The Balaban J connectivity index is 1.90. The van der Waals surface area contributed by atoms with Gasteiger partial charge in [-0.3, -0.25) is 4.79 Å². The van der Waals surface area contributed by atoms with Crippen LogP contribution in [-0.2, 0) is 11.3 Å². The second-order valence-electron chi connectivity index (χ2n) is 6.59. The van der Waals surface area contributed by atoms with E-state index < -0.39 is 0 Å². The van der Waals surface area contributed by atoms with Gasteiger partial charge in [0.1, 0.15) is 5.75 Å². The van der Waals surface area contributed by atoms with E-state index in [0.29, 0.717) is 23.8 Å². The zero-order valence-electron chi connectivity index (χ0n) is 16.4. The third kappa shape index (κ3) is 6.17. The molecule has 0 bridgehead atoms. The summed E-state index contributed by atoms with van der Waals surface area (Å²) in [5.41, 5.74) is 3.06. The molecule has 2 aromatic rings. The van der Waals surface area contributed by atoms with Gasteiger partial charge < -0.3 is 19.5 Å². The van der Waals surface area contributed by atoms with Crippen molar-refractivity contribution in [2.45, 2.75) is 40.3 Å². The van der Waals surface area contributed by atoms with E-state index in [1.807, 2.05) is 58.0 Å². The van der Waals surface area contributed by atoms with Crippen molar-refractivity contribution in [3.05, 3.63) is 51.5 Å². The monoisotopic (exact) mass is 435 g/mol. The first-order chi connectivity index (χ1) is 12.8. The predicted molar refractivity (Wildman–Crippen MR) is 110 cm³/mol. The molecular weight excluding hydrogens is 410 g/mol. The van der Waals surface area contributed by atoms with Gasteiger partial charge in [0.15, 0.2) is 18.1 Å². The van der Waals surface area contributed by atoms with Crippen molar-refractivity contribution in [1.29, 1.82) is 0 Å². The number of aryl methyl sites for hydroxylation is 2. The van der Waals surface area contributed by atoms with Gasteiger partial charge in [-0.1, -0.05) is 22.0 Å². The maximum absolute atomic E-state index is 12.1. The summed E-state index contributed by atoms with van der Waals surface area (Å²) < 4.78 is 17.7. The van der Waals surface area contributed by atoms with Crippen molar-refractivity contribution in [1.82, 2.24) is 5.32 Å². The van der Waals surface area contributed by atoms with Crippen LogP contribution in [0.5, 0.6) is 17.2 Å². The maximum atomic E-state index is 12.1. The van der Waals surface area contributed by atoms with Gasteiger partial charge >= 0.3 is 0 Å².